The molecule has 0 radical (unpaired) electrons. The largest absolute Gasteiger partial charge is 0.319 e. The molecule has 0 aromatic carbocycles. The predicted molar refractivity (Wildman–Crippen MR) is 63.9 cm³/mol. The summed E-state index contributed by atoms with van der Waals surface area (Å²) < 4.78 is 1.98. The minimum absolute atomic E-state index is 0.297. The zero-order valence-electron chi connectivity index (χ0n) is 10.6. The van der Waals surface area contributed by atoms with Crippen molar-refractivity contribution in [1.82, 2.24) is 20.1 Å². The van der Waals surface area contributed by atoms with Gasteiger partial charge in [0, 0.05) is 13.1 Å². The third-order valence-corrected chi connectivity index (χ3v) is 3.74. The number of hydrogen-bond acceptors (Lipinski definition) is 3. The van der Waals surface area contributed by atoms with E-state index in [4.69, 9.17) is 0 Å². The predicted octanol–water partition coefficient (Wildman–Crippen LogP) is 1.90. The normalized spacial score (nSPS) is 26.8. The second-order valence-electron chi connectivity index (χ2n) is 5.36. The van der Waals surface area contributed by atoms with Gasteiger partial charge in [-0.05, 0) is 31.6 Å². The minimum Gasteiger partial charge on any atom is -0.319 e. The molecule has 1 saturated carbocycles. The van der Waals surface area contributed by atoms with Gasteiger partial charge in [0.1, 0.15) is 12.2 Å². The van der Waals surface area contributed by atoms with Crippen molar-refractivity contribution >= 4 is 0 Å². The van der Waals surface area contributed by atoms with Gasteiger partial charge in [0.05, 0.1) is 6.04 Å². The molecule has 0 aliphatic heterocycles. The van der Waals surface area contributed by atoms with E-state index in [1.807, 2.05) is 11.6 Å². The molecule has 1 fully saturated rings. The van der Waals surface area contributed by atoms with Gasteiger partial charge < -0.3 is 9.88 Å². The Kier molecular flexibility index (Phi) is 3.28. The van der Waals surface area contributed by atoms with Crippen molar-refractivity contribution in [3.8, 4) is 0 Å². The molecule has 1 unspecified atom stereocenters. The SMILES string of the molecule is CC(NC1CC(C(C)C)C1)c1nncn1C. The van der Waals surface area contributed by atoms with Gasteiger partial charge in [0.25, 0.3) is 0 Å². The second-order valence-corrected chi connectivity index (χ2v) is 5.36. The van der Waals surface area contributed by atoms with E-state index in [-0.39, 0.29) is 0 Å². The molecule has 1 N–H and O–H groups in total. The van der Waals surface area contributed by atoms with Gasteiger partial charge in [0.2, 0.25) is 0 Å². The van der Waals surface area contributed by atoms with Crippen LogP contribution in [0.4, 0.5) is 0 Å². The monoisotopic (exact) mass is 222 g/mol. The standard InChI is InChI=1S/C12H22N4/c1-8(2)10-5-11(6-10)14-9(3)12-15-13-7-16(12)4/h7-11,14H,5-6H2,1-4H3. The van der Waals surface area contributed by atoms with Crippen LogP contribution in [0.3, 0.4) is 0 Å². The van der Waals surface area contributed by atoms with Crippen LogP contribution in [0, 0.1) is 11.8 Å². The van der Waals surface area contributed by atoms with E-state index in [1.165, 1.54) is 12.8 Å². The maximum Gasteiger partial charge on any atom is 0.149 e. The van der Waals surface area contributed by atoms with E-state index in [9.17, 15) is 0 Å². The molecule has 0 saturated heterocycles. The Labute approximate surface area is 97.5 Å². The van der Waals surface area contributed by atoms with Gasteiger partial charge in [-0.2, -0.15) is 0 Å². The lowest BCUT2D eigenvalue weighted by molar-refractivity contribution is 0.157. The van der Waals surface area contributed by atoms with Crippen LogP contribution in [0.2, 0.25) is 0 Å². The number of rotatable bonds is 4. The Balaban J connectivity index is 1.82. The van der Waals surface area contributed by atoms with Gasteiger partial charge in [-0.15, -0.1) is 10.2 Å². The number of nitrogens with zero attached hydrogens (tertiary/aromatic N) is 3. The first-order valence-electron chi connectivity index (χ1n) is 6.18. The molecule has 16 heavy (non-hydrogen) atoms. The van der Waals surface area contributed by atoms with Gasteiger partial charge in [0.15, 0.2) is 0 Å². The number of aromatic nitrogens is 3. The van der Waals surface area contributed by atoms with Crippen LogP contribution >= 0.6 is 0 Å². The Bertz CT molecular complexity index is 339. The van der Waals surface area contributed by atoms with Crippen molar-refractivity contribution in [1.29, 1.82) is 0 Å². The molecule has 90 valence electrons. The van der Waals surface area contributed by atoms with Crippen molar-refractivity contribution in [3.05, 3.63) is 12.2 Å². The van der Waals surface area contributed by atoms with E-state index >= 15 is 0 Å². The fourth-order valence-corrected chi connectivity index (χ4v) is 2.45. The molecule has 0 bridgehead atoms. The zero-order chi connectivity index (χ0) is 11.7. The van der Waals surface area contributed by atoms with E-state index in [0.717, 1.165) is 17.7 Å². The lowest BCUT2D eigenvalue weighted by Crippen LogP contribution is -2.44. The zero-order valence-corrected chi connectivity index (χ0v) is 10.6. The van der Waals surface area contributed by atoms with Crippen molar-refractivity contribution in [2.24, 2.45) is 18.9 Å². The lowest BCUT2D eigenvalue weighted by Gasteiger charge is -2.40. The average Bonchev–Trinajstić information content (AvgIpc) is 2.56. The quantitative estimate of drug-likeness (QED) is 0.846. The fourth-order valence-electron chi connectivity index (χ4n) is 2.45. The van der Waals surface area contributed by atoms with Crippen LogP contribution in [0.25, 0.3) is 0 Å². The van der Waals surface area contributed by atoms with Gasteiger partial charge in [-0.1, -0.05) is 13.8 Å². The first-order valence-corrected chi connectivity index (χ1v) is 6.18. The van der Waals surface area contributed by atoms with Crippen LogP contribution in [0.1, 0.15) is 45.5 Å². The lowest BCUT2D eigenvalue weighted by atomic mass is 9.73. The Morgan fingerprint density at radius 2 is 2.06 bits per heavy atom. The highest BCUT2D eigenvalue weighted by molar-refractivity contribution is 4.96. The molecule has 1 aromatic rings. The highest BCUT2D eigenvalue weighted by Crippen LogP contribution is 2.34. The summed E-state index contributed by atoms with van der Waals surface area (Å²) in [5, 5.41) is 11.7. The molecule has 1 aliphatic rings. The van der Waals surface area contributed by atoms with Crippen LogP contribution in [0.15, 0.2) is 6.33 Å². The molecule has 1 aliphatic carbocycles. The molecular formula is C12H22N4. The van der Waals surface area contributed by atoms with E-state index in [1.54, 1.807) is 6.33 Å². The van der Waals surface area contributed by atoms with Crippen LogP contribution in [-0.2, 0) is 7.05 Å². The maximum atomic E-state index is 4.13. The van der Waals surface area contributed by atoms with Gasteiger partial charge in [-0.25, -0.2) is 0 Å². The molecule has 4 nitrogen and oxygen atoms in total. The number of hydrogen-bond donors (Lipinski definition) is 1. The summed E-state index contributed by atoms with van der Waals surface area (Å²) in [4.78, 5) is 0. The van der Waals surface area contributed by atoms with Crippen LogP contribution in [-0.4, -0.2) is 20.8 Å². The summed E-state index contributed by atoms with van der Waals surface area (Å²) in [5.41, 5.74) is 0. The van der Waals surface area contributed by atoms with E-state index in [0.29, 0.717) is 12.1 Å². The van der Waals surface area contributed by atoms with E-state index < -0.39 is 0 Å². The number of nitrogens with one attached hydrogen (secondary N) is 1. The van der Waals surface area contributed by atoms with Crippen LogP contribution in [0.5, 0.6) is 0 Å². The highest BCUT2D eigenvalue weighted by Gasteiger charge is 2.32. The average molecular weight is 222 g/mol. The minimum atomic E-state index is 0.297. The topological polar surface area (TPSA) is 42.7 Å². The van der Waals surface area contributed by atoms with Gasteiger partial charge in [-0.3, -0.25) is 0 Å². The van der Waals surface area contributed by atoms with Crippen molar-refractivity contribution < 1.29 is 0 Å². The van der Waals surface area contributed by atoms with Gasteiger partial charge >= 0.3 is 0 Å². The first-order chi connectivity index (χ1) is 7.58. The molecule has 1 heterocycles. The molecular weight excluding hydrogens is 200 g/mol. The first kappa shape index (κ1) is 11.6. The summed E-state index contributed by atoms with van der Waals surface area (Å²) in [6, 6.07) is 0.963. The smallest absolute Gasteiger partial charge is 0.149 e. The Hall–Kier alpha value is -0.900. The number of aryl methyl sites for hydroxylation is 1. The third-order valence-electron chi connectivity index (χ3n) is 3.74. The van der Waals surface area contributed by atoms with Crippen LogP contribution < -0.4 is 5.32 Å². The van der Waals surface area contributed by atoms with E-state index in [2.05, 4.69) is 36.3 Å². The second kappa shape index (κ2) is 4.53. The van der Waals surface area contributed by atoms with Crippen molar-refractivity contribution in [3.63, 3.8) is 0 Å². The molecule has 2 rings (SSSR count). The molecule has 4 heteroatoms. The summed E-state index contributed by atoms with van der Waals surface area (Å²) in [6.45, 7) is 6.78. The summed E-state index contributed by atoms with van der Waals surface area (Å²) in [5.74, 6) is 2.75. The third kappa shape index (κ3) is 2.26. The van der Waals surface area contributed by atoms with Crippen molar-refractivity contribution in [2.75, 3.05) is 0 Å². The molecule has 0 amide bonds. The fraction of sp³-hybridized carbons (Fsp3) is 0.833. The molecule has 1 aromatic heterocycles. The highest BCUT2D eigenvalue weighted by atomic mass is 15.3. The summed E-state index contributed by atoms with van der Waals surface area (Å²) in [7, 11) is 1.99. The Morgan fingerprint density at radius 3 is 2.56 bits per heavy atom. The Morgan fingerprint density at radius 1 is 1.38 bits per heavy atom. The molecule has 0 spiro atoms. The summed E-state index contributed by atoms with van der Waals surface area (Å²) >= 11 is 0. The maximum absolute atomic E-state index is 4.13. The molecule has 1 atom stereocenters. The van der Waals surface area contributed by atoms with Crippen molar-refractivity contribution in [2.45, 2.75) is 45.7 Å². The summed E-state index contributed by atoms with van der Waals surface area (Å²) in [6.07, 6.45) is 4.37.